The van der Waals surface area contributed by atoms with Gasteiger partial charge in [0, 0.05) is 17.8 Å². The number of amides is 1. The summed E-state index contributed by atoms with van der Waals surface area (Å²) in [5.74, 6) is -0.628. The van der Waals surface area contributed by atoms with Gasteiger partial charge in [0.05, 0.1) is 5.56 Å². The van der Waals surface area contributed by atoms with Crippen molar-refractivity contribution in [1.29, 1.82) is 0 Å². The van der Waals surface area contributed by atoms with Crippen molar-refractivity contribution in [2.45, 2.75) is 38.0 Å². The summed E-state index contributed by atoms with van der Waals surface area (Å²) >= 11 is 5.99. The molecule has 0 bridgehead atoms. The van der Waals surface area contributed by atoms with Crippen LogP contribution >= 0.6 is 11.6 Å². The SMILES string of the molecule is CC(C)(OC(N)=O)C(Cc1ccc(C(F)(F)F)nc1)c1ccc(C=O)c(Cl)n1. The minimum Gasteiger partial charge on any atom is -0.443 e. The van der Waals surface area contributed by atoms with Crippen molar-refractivity contribution in [2.75, 3.05) is 0 Å². The maximum Gasteiger partial charge on any atom is 0.433 e. The third-order valence-electron chi connectivity index (χ3n) is 4.14. The van der Waals surface area contributed by atoms with Crippen molar-refractivity contribution in [3.8, 4) is 0 Å². The fourth-order valence-electron chi connectivity index (χ4n) is 2.73. The molecule has 0 aliphatic heterocycles. The first-order valence-electron chi connectivity index (χ1n) is 8.06. The molecule has 2 aromatic heterocycles. The molecule has 1 atom stereocenters. The number of ether oxygens (including phenoxy) is 1. The normalized spacial score (nSPS) is 13.1. The number of carbonyl (C=O) groups is 2. The summed E-state index contributed by atoms with van der Waals surface area (Å²) in [6.07, 6.45) is -3.80. The minimum absolute atomic E-state index is 0.0436. The molecule has 2 aromatic rings. The lowest BCUT2D eigenvalue weighted by atomic mass is 9.82. The van der Waals surface area contributed by atoms with Crippen LogP contribution in [0.5, 0.6) is 0 Å². The lowest BCUT2D eigenvalue weighted by Gasteiger charge is -2.33. The number of pyridine rings is 2. The van der Waals surface area contributed by atoms with Crippen LogP contribution in [0.3, 0.4) is 0 Å². The topological polar surface area (TPSA) is 95.2 Å². The number of hydrogen-bond acceptors (Lipinski definition) is 5. The van der Waals surface area contributed by atoms with Gasteiger partial charge in [0.15, 0.2) is 6.29 Å². The van der Waals surface area contributed by atoms with E-state index >= 15 is 0 Å². The van der Waals surface area contributed by atoms with E-state index in [9.17, 15) is 22.8 Å². The van der Waals surface area contributed by atoms with E-state index in [-0.39, 0.29) is 17.1 Å². The quantitative estimate of drug-likeness (QED) is 0.564. The van der Waals surface area contributed by atoms with E-state index in [1.807, 2.05) is 0 Å². The molecule has 0 spiro atoms. The highest BCUT2D eigenvalue weighted by Crippen LogP contribution is 2.35. The van der Waals surface area contributed by atoms with Gasteiger partial charge in [-0.1, -0.05) is 17.7 Å². The number of nitrogens with two attached hydrogens (primary N) is 1. The van der Waals surface area contributed by atoms with Crippen LogP contribution in [0, 0.1) is 0 Å². The zero-order chi connectivity index (χ0) is 21.1. The Morgan fingerprint density at radius 3 is 2.43 bits per heavy atom. The van der Waals surface area contributed by atoms with Crippen molar-refractivity contribution < 1.29 is 27.5 Å². The summed E-state index contributed by atoms with van der Waals surface area (Å²) in [6, 6.07) is 5.13. The Morgan fingerprint density at radius 1 is 1.29 bits per heavy atom. The lowest BCUT2D eigenvalue weighted by molar-refractivity contribution is -0.141. The second kappa shape index (κ2) is 8.14. The number of halogens is 4. The largest absolute Gasteiger partial charge is 0.443 e. The number of hydrogen-bond donors (Lipinski definition) is 1. The molecule has 2 N–H and O–H groups in total. The molecule has 0 aliphatic carbocycles. The maximum atomic E-state index is 12.7. The summed E-state index contributed by atoms with van der Waals surface area (Å²) in [5.41, 5.74) is 3.96. The molecule has 0 saturated heterocycles. The Morgan fingerprint density at radius 2 is 1.96 bits per heavy atom. The molecule has 2 heterocycles. The van der Waals surface area contributed by atoms with Crippen molar-refractivity contribution in [2.24, 2.45) is 5.73 Å². The number of primary amides is 1. The summed E-state index contributed by atoms with van der Waals surface area (Å²) < 4.78 is 43.3. The molecule has 10 heteroatoms. The van der Waals surface area contributed by atoms with Crippen LogP contribution in [0.2, 0.25) is 5.15 Å². The van der Waals surface area contributed by atoms with E-state index in [1.54, 1.807) is 13.8 Å². The van der Waals surface area contributed by atoms with Crippen LogP contribution in [0.1, 0.15) is 47.1 Å². The lowest BCUT2D eigenvalue weighted by Crippen LogP contribution is -2.38. The summed E-state index contributed by atoms with van der Waals surface area (Å²) in [6.45, 7) is 3.17. The molecular weight excluding hydrogens is 399 g/mol. The number of aromatic nitrogens is 2. The standard InChI is InChI=1S/C18H17ClF3N3O3/c1-17(2,28-16(23)27)12(13-5-4-11(9-26)15(19)25-13)7-10-3-6-14(24-8-10)18(20,21)22/h3-6,8-9,12H,7H2,1-2H3,(H2,23,27). The van der Waals surface area contributed by atoms with Gasteiger partial charge in [0.2, 0.25) is 0 Å². The van der Waals surface area contributed by atoms with Crippen LogP contribution in [0.4, 0.5) is 18.0 Å². The average Bonchev–Trinajstić information content (AvgIpc) is 2.58. The Bertz CT molecular complexity index is 871. The highest BCUT2D eigenvalue weighted by molar-refractivity contribution is 6.31. The Hall–Kier alpha value is -2.68. The third-order valence-corrected chi connectivity index (χ3v) is 4.44. The van der Waals surface area contributed by atoms with E-state index in [0.29, 0.717) is 17.5 Å². The Labute approximate surface area is 163 Å². The van der Waals surface area contributed by atoms with Gasteiger partial charge >= 0.3 is 12.3 Å². The number of rotatable bonds is 6. The average molecular weight is 416 g/mol. The number of alkyl halides is 3. The van der Waals surface area contributed by atoms with Gasteiger partial charge in [-0.15, -0.1) is 0 Å². The summed E-state index contributed by atoms with van der Waals surface area (Å²) in [7, 11) is 0. The molecular formula is C18H17ClF3N3O3. The first kappa shape index (κ1) is 21.6. The van der Waals surface area contributed by atoms with Gasteiger partial charge in [-0.25, -0.2) is 9.78 Å². The number of carbonyl (C=O) groups excluding carboxylic acids is 2. The summed E-state index contributed by atoms with van der Waals surface area (Å²) in [4.78, 5) is 29.8. The second-order valence-electron chi connectivity index (χ2n) is 6.56. The van der Waals surface area contributed by atoms with Crippen molar-refractivity contribution in [3.05, 3.63) is 58.1 Å². The zero-order valence-electron chi connectivity index (χ0n) is 15.0. The molecule has 0 saturated carbocycles. The second-order valence-corrected chi connectivity index (χ2v) is 6.92. The Balaban J connectivity index is 2.42. The molecule has 0 aliphatic rings. The first-order valence-corrected chi connectivity index (χ1v) is 8.44. The van der Waals surface area contributed by atoms with Crippen LogP contribution < -0.4 is 5.73 Å². The van der Waals surface area contributed by atoms with Gasteiger partial charge in [-0.05, 0) is 44.0 Å². The first-order chi connectivity index (χ1) is 12.9. The molecule has 28 heavy (non-hydrogen) atoms. The fourth-order valence-corrected chi connectivity index (χ4v) is 2.93. The van der Waals surface area contributed by atoms with Crippen molar-refractivity contribution in [1.82, 2.24) is 9.97 Å². The van der Waals surface area contributed by atoms with E-state index in [4.69, 9.17) is 22.1 Å². The molecule has 1 amide bonds. The Kier molecular flexibility index (Phi) is 6.28. The maximum absolute atomic E-state index is 12.7. The van der Waals surface area contributed by atoms with Gasteiger partial charge < -0.3 is 10.5 Å². The van der Waals surface area contributed by atoms with Crippen LogP contribution in [0.15, 0.2) is 30.5 Å². The van der Waals surface area contributed by atoms with E-state index < -0.39 is 29.5 Å². The zero-order valence-corrected chi connectivity index (χ0v) is 15.7. The van der Waals surface area contributed by atoms with Gasteiger partial charge in [0.25, 0.3) is 0 Å². The van der Waals surface area contributed by atoms with Crippen LogP contribution in [0.25, 0.3) is 0 Å². The van der Waals surface area contributed by atoms with E-state index in [2.05, 4.69) is 9.97 Å². The van der Waals surface area contributed by atoms with Crippen LogP contribution in [-0.2, 0) is 17.3 Å². The van der Waals surface area contributed by atoms with Crippen LogP contribution in [-0.4, -0.2) is 27.9 Å². The van der Waals surface area contributed by atoms with E-state index in [0.717, 1.165) is 12.3 Å². The third kappa shape index (κ3) is 5.19. The van der Waals surface area contributed by atoms with Gasteiger partial charge in [-0.3, -0.25) is 9.78 Å². The number of aldehydes is 1. The van der Waals surface area contributed by atoms with Crippen molar-refractivity contribution >= 4 is 24.0 Å². The smallest absolute Gasteiger partial charge is 0.433 e. The predicted octanol–water partition coefficient (Wildman–Crippen LogP) is 4.16. The van der Waals surface area contributed by atoms with Gasteiger partial charge in [-0.2, -0.15) is 13.2 Å². The predicted molar refractivity (Wildman–Crippen MR) is 95.1 cm³/mol. The molecule has 0 fully saturated rings. The minimum atomic E-state index is -4.55. The number of nitrogens with zero attached hydrogens (tertiary/aromatic N) is 2. The molecule has 0 aromatic carbocycles. The molecule has 6 nitrogen and oxygen atoms in total. The molecule has 150 valence electrons. The molecule has 0 radical (unpaired) electrons. The highest BCUT2D eigenvalue weighted by atomic mass is 35.5. The molecule has 1 unspecified atom stereocenters. The summed E-state index contributed by atoms with van der Waals surface area (Å²) in [5, 5.41) is -0.0436. The van der Waals surface area contributed by atoms with E-state index in [1.165, 1.54) is 18.2 Å². The van der Waals surface area contributed by atoms with Crippen molar-refractivity contribution in [3.63, 3.8) is 0 Å². The monoisotopic (exact) mass is 415 g/mol. The van der Waals surface area contributed by atoms with Gasteiger partial charge in [0.1, 0.15) is 16.4 Å². The highest BCUT2D eigenvalue weighted by Gasteiger charge is 2.36. The fraction of sp³-hybridized carbons (Fsp3) is 0.333. The molecule has 2 rings (SSSR count).